The minimum atomic E-state index is -0.449. The molecule has 0 radical (unpaired) electrons. The number of nitrogens with zero attached hydrogens (tertiary/aromatic N) is 1. The van der Waals surface area contributed by atoms with Gasteiger partial charge in [0.1, 0.15) is 0 Å². The number of hydrogen-bond donors (Lipinski definition) is 2. The number of aliphatic hydroxyl groups excluding tert-OH is 1. The van der Waals surface area contributed by atoms with E-state index in [4.69, 9.17) is 4.74 Å². The highest BCUT2D eigenvalue weighted by molar-refractivity contribution is 5.89. The molecule has 1 aromatic rings. The molecule has 5 nitrogen and oxygen atoms in total. The minimum absolute atomic E-state index is 0.0857. The Kier molecular flexibility index (Phi) is 4.30. The van der Waals surface area contributed by atoms with Gasteiger partial charge >= 0.3 is 6.03 Å². The van der Waals surface area contributed by atoms with Crippen LogP contribution < -0.4 is 5.32 Å². The molecule has 1 fully saturated rings. The Hall–Kier alpha value is -1.59. The summed E-state index contributed by atoms with van der Waals surface area (Å²) in [7, 11) is 0. The average molecular weight is 278 g/mol. The number of carbonyl (C=O) groups excluding carboxylic acids is 1. The summed E-state index contributed by atoms with van der Waals surface area (Å²) in [5, 5.41) is 12.2. The Labute approximate surface area is 119 Å². The van der Waals surface area contributed by atoms with E-state index in [1.54, 1.807) is 4.90 Å². The number of ether oxygens (including phenoxy) is 1. The fourth-order valence-electron chi connectivity index (χ4n) is 2.47. The molecule has 1 atom stereocenters. The molecule has 1 aromatic carbocycles. The van der Waals surface area contributed by atoms with Crippen LogP contribution in [0.3, 0.4) is 0 Å². The van der Waals surface area contributed by atoms with Crippen molar-refractivity contribution in [3.05, 3.63) is 29.8 Å². The van der Waals surface area contributed by atoms with Crippen LogP contribution in [0.25, 0.3) is 0 Å². The van der Waals surface area contributed by atoms with Gasteiger partial charge in [0.05, 0.1) is 31.4 Å². The standard InChI is InChI=1S/C15H22N2O3/c1-11-5-4-6-12(7-11)16-14(19)17-8-13(9-18)20-15(2,3)10-17/h4-7,13,18H,8-10H2,1-3H3,(H,16,19). The SMILES string of the molecule is Cc1cccc(NC(=O)N2CC(CO)OC(C)(C)C2)c1. The van der Waals surface area contributed by atoms with Gasteiger partial charge in [0.2, 0.25) is 0 Å². The number of amides is 2. The number of hydrogen-bond acceptors (Lipinski definition) is 3. The number of urea groups is 1. The molecular formula is C15H22N2O3. The molecule has 20 heavy (non-hydrogen) atoms. The van der Waals surface area contributed by atoms with Gasteiger partial charge in [-0.15, -0.1) is 0 Å². The number of anilines is 1. The van der Waals surface area contributed by atoms with Crippen molar-refractivity contribution in [1.82, 2.24) is 4.90 Å². The number of carbonyl (C=O) groups is 1. The average Bonchev–Trinajstić information content (AvgIpc) is 2.36. The number of morpholine rings is 1. The lowest BCUT2D eigenvalue weighted by molar-refractivity contribution is -0.137. The van der Waals surface area contributed by atoms with E-state index in [1.807, 2.05) is 45.0 Å². The summed E-state index contributed by atoms with van der Waals surface area (Å²) >= 11 is 0. The van der Waals surface area contributed by atoms with Crippen molar-refractivity contribution in [1.29, 1.82) is 0 Å². The van der Waals surface area contributed by atoms with Crippen LogP contribution in [0.5, 0.6) is 0 Å². The van der Waals surface area contributed by atoms with Crippen LogP contribution in [-0.2, 0) is 4.74 Å². The third-order valence-corrected chi connectivity index (χ3v) is 3.24. The number of benzene rings is 1. The van der Waals surface area contributed by atoms with Gasteiger partial charge in [-0.25, -0.2) is 4.79 Å². The zero-order valence-electron chi connectivity index (χ0n) is 12.2. The summed E-state index contributed by atoms with van der Waals surface area (Å²) in [6.07, 6.45) is -0.331. The Bertz CT molecular complexity index is 488. The number of rotatable bonds is 2. The summed E-state index contributed by atoms with van der Waals surface area (Å²) < 4.78 is 5.70. The van der Waals surface area contributed by atoms with Gasteiger partial charge in [-0.2, -0.15) is 0 Å². The van der Waals surface area contributed by atoms with Crippen LogP contribution in [0.4, 0.5) is 10.5 Å². The zero-order chi connectivity index (χ0) is 14.8. The largest absolute Gasteiger partial charge is 0.394 e. The van der Waals surface area contributed by atoms with E-state index in [0.717, 1.165) is 11.3 Å². The third kappa shape index (κ3) is 3.71. The lowest BCUT2D eigenvalue weighted by Crippen LogP contribution is -2.56. The monoisotopic (exact) mass is 278 g/mol. The molecule has 0 spiro atoms. The zero-order valence-corrected chi connectivity index (χ0v) is 12.2. The van der Waals surface area contributed by atoms with Gasteiger partial charge in [-0.05, 0) is 38.5 Å². The first kappa shape index (κ1) is 14.8. The quantitative estimate of drug-likeness (QED) is 0.869. The number of aliphatic hydroxyl groups is 1. The molecule has 2 N–H and O–H groups in total. The van der Waals surface area contributed by atoms with E-state index in [9.17, 15) is 9.90 Å². The molecule has 0 aromatic heterocycles. The molecule has 1 heterocycles. The molecule has 2 rings (SSSR count). The molecule has 0 saturated carbocycles. The van der Waals surface area contributed by atoms with Gasteiger partial charge in [-0.1, -0.05) is 12.1 Å². The predicted octanol–water partition coefficient (Wildman–Crippen LogP) is 2.00. The second-order valence-corrected chi connectivity index (χ2v) is 5.86. The summed E-state index contributed by atoms with van der Waals surface area (Å²) in [5.41, 5.74) is 1.42. The van der Waals surface area contributed by atoms with Crippen LogP contribution in [0.1, 0.15) is 19.4 Å². The van der Waals surface area contributed by atoms with E-state index in [0.29, 0.717) is 13.1 Å². The molecule has 1 aliphatic rings. The van der Waals surface area contributed by atoms with Crippen molar-refractivity contribution >= 4 is 11.7 Å². The van der Waals surface area contributed by atoms with Crippen LogP contribution in [0, 0.1) is 6.92 Å². The van der Waals surface area contributed by atoms with Crippen molar-refractivity contribution in [2.24, 2.45) is 0 Å². The minimum Gasteiger partial charge on any atom is -0.394 e. The molecule has 110 valence electrons. The van der Waals surface area contributed by atoms with Crippen LogP contribution >= 0.6 is 0 Å². The van der Waals surface area contributed by atoms with Crippen molar-refractivity contribution < 1.29 is 14.6 Å². The van der Waals surface area contributed by atoms with E-state index < -0.39 is 5.60 Å². The smallest absolute Gasteiger partial charge is 0.322 e. The fourth-order valence-corrected chi connectivity index (χ4v) is 2.47. The molecule has 2 amide bonds. The topological polar surface area (TPSA) is 61.8 Å². The van der Waals surface area contributed by atoms with Gasteiger partial charge in [0.25, 0.3) is 0 Å². The molecule has 0 aliphatic carbocycles. The second-order valence-electron chi connectivity index (χ2n) is 5.86. The van der Waals surface area contributed by atoms with E-state index in [1.165, 1.54) is 0 Å². The predicted molar refractivity (Wildman–Crippen MR) is 77.8 cm³/mol. The number of nitrogens with one attached hydrogen (secondary N) is 1. The van der Waals surface area contributed by atoms with Gasteiger partial charge in [0.15, 0.2) is 0 Å². The van der Waals surface area contributed by atoms with E-state index in [-0.39, 0.29) is 18.7 Å². The maximum atomic E-state index is 12.3. The maximum absolute atomic E-state index is 12.3. The second kappa shape index (κ2) is 5.81. The maximum Gasteiger partial charge on any atom is 0.322 e. The van der Waals surface area contributed by atoms with Crippen molar-refractivity contribution in [2.45, 2.75) is 32.5 Å². The Morgan fingerprint density at radius 2 is 2.30 bits per heavy atom. The lowest BCUT2D eigenvalue weighted by Gasteiger charge is -2.42. The summed E-state index contributed by atoms with van der Waals surface area (Å²) in [4.78, 5) is 14.0. The molecule has 1 aliphatic heterocycles. The highest BCUT2D eigenvalue weighted by Gasteiger charge is 2.35. The van der Waals surface area contributed by atoms with Crippen molar-refractivity contribution in [3.8, 4) is 0 Å². The van der Waals surface area contributed by atoms with Crippen molar-refractivity contribution in [3.63, 3.8) is 0 Å². The summed E-state index contributed by atoms with van der Waals surface area (Å²) in [6, 6.07) is 7.51. The summed E-state index contributed by atoms with van der Waals surface area (Å²) in [5.74, 6) is 0. The Morgan fingerprint density at radius 1 is 1.55 bits per heavy atom. The first-order valence-corrected chi connectivity index (χ1v) is 6.81. The third-order valence-electron chi connectivity index (χ3n) is 3.24. The van der Waals surface area contributed by atoms with Crippen LogP contribution in [0.2, 0.25) is 0 Å². The van der Waals surface area contributed by atoms with E-state index in [2.05, 4.69) is 5.32 Å². The normalized spacial score (nSPS) is 21.6. The van der Waals surface area contributed by atoms with Crippen LogP contribution in [-0.4, -0.2) is 47.4 Å². The first-order chi connectivity index (χ1) is 9.39. The lowest BCUT2D eigenvalue weighted by atomic mass is 10.1. The number of aryl methyl sites for hydroxylation is 1. The highest BCUT2D eigenvalue weighted by Crippen LogP contribution is 2.21. The highest BCUT2D eigenvalue weighted by atomic mass is 16.5. The molecule has 5 heteroatoms. The van der Waals surface area contributed by atoms with Gasteiger partial charge in [0, 0.05) is 5.69 Å². The Morgan fingerprint density at radius 3 is 2.95 bits per heavy atom. The fraction of sp³-hybridized carbons (Fsp3) is 0.533. The molecular weight excluding hydrogens is 256 g/mol. The van der Waals surface area contributed by atoms with Gasteiger partial charge < -0.3 is 20.1 Å². The summed E-state index contributed by atoms with van der Waals surface area (Å²) in [6.45, 7) is 6.63. The Balaban J connectivity index is 2.04. The molecule has 1 unspecified atom stereocenters. The van der Waals surface area contributed by atoms with Crippen molar-refractivity contribution in [2.75, 3.05) is 25.0 Å². The van der Waals surface area contributed by atoms with Gasteiger partial charge in [-0.3, -0.25) is 0 Å². The first-order valence-electron chi connectivity index (χ1n) is 6.81. The van der Waals surface area contributed by atoms with Crippen LogP contribution in [0.15, 0.2) is 24.3 Å². The van der Waals surface area contributed by atoms with E-state index >= 15 is 0 Å². The molecule has 1 saturated heterocycles. The molecule has 0 bridgehead atoms.